The zero-order chi connectivity index (χ0) is 13.5. The SMILES string of the molecule is Nc1nccnc1C(=O)NCCSCc1ccco1. The average Bonchev–Trinajstić information content (AvgIpc) is 2.92. The van der Waals surface area contributed by atoms with Crippen LogP contribution in [0.2, 0.25) is 0 Å². The van der Waals surface area contributed by atoms with Crippen molar-refractivity contribution in [3.63, 3.8) is 0 Å². The maximum Gasteiger partial charge on any atom is 0.273 e. The lowest BCUT2D eigenvalue weighted by Gasteiger charge is -2.05. The molecular formula is C12H14N4O2S. The fraction of sp³-hybridized carbons (Fsp3) is 0.250. The maximum absolute atomic E-state index is 11.7. The van der Waals surface area contributed by atoms with Gasteiger partial charge in [0.2, 0.25) is 0 Å². The van der Waals surface area contributed by atoms with Crippen LogP contribution in [0.4, 0.5) is 5.82 Å². The van der Waals surface area contributed by atoms with Crippen molar-refractivity contribution in [1.82, 2.24) is 15.3 Å². The first kappa shape index (κ1) is 13.4. The Hall–Kier alpha value is -2.02. The minimum atomic E-state index is -0.302. The highest BCUT2D eigenvalue weighted by Gasteiger charge is 2.10. The van der Waals surface area contributed by atoms with Crippen LogP contribution in [0.1, 0.15) is 16.2 Å². The largest absolute Gasteiger partial charge is 0.468 e. The number of hydrogen-bond acceptors (Lipinski definition) is 6. The van der Waals surface area contributed by atoms with Gasteiger partial charge in [0.15, 0.2) is 11.5 Å². The van der Waals surface area contributed by atoms with Gasteiger partial charge in [-0.3, -0.25) is 4.79 Å². The molecule has 100 valence electrons. The molecule has 1 amide bonds. The van der Waals surface area contributed by atoms with E-state index in [2.05, 4.69) is 15.3 Å². The van der Waals surface area contributed by atoms with E-state index in [0.29, 0.717) is 6.54 Å². The van der Waals surface area contributed by atoms with Crippen LogP contribution < -0.4 is 11.1 Å². The number of nitrogen functional groups attached to an aromatic ring is 1. The number of nitrogens with one attached hydrogen (secondary N) is 1. The monoisotopic (exact) mass is 278 g/mol. The van der Waals surface area contributed by atoms with Crippen LogP contribution in [0.5, 0.6) is 0 Å². The molecule has 0 unspecified atom stereocenters. The highest BCUT2D eigenvalue weighted by Crippen LogP contribution is 2.11. The molecule has 0 saturated heterocycles. The van der Waals surface area contributed by atoms with Crippen LogP contribution in [-0.4, -0.2) is 28.2 Å². The first-order valence-corrected chi connectivity index (χ1v) is 6.87. The predicted molar refractivity (Wildman–Crippen MR) is 73.6 cm³/mol. The van der Waals surface area contributed by atoms with Crippen LogP contribution in [0.3, 0.4) is 0 Å². The summed E-state index contributed by atoms with van der Waals surface area (Å²) in [7, 11) is 0. The molecule has 0 aromatic carbocycles. The summed E-state index contributed by atoms with van der Waals surface area (Å²) >= 11 is 1.68. The smallest absolute Gasteiger partial charge is 0.273 e. The van der Waals surface area contributed by atoms with Crippen molar-refractivity contribution < 1.29 is 9.21 Å². The van der Waals surface area contributed by atoms with Gasteiger partial charge in [-0.15, -0.1) is 0 Å². The number of thioether (sulfide) groups is 1. The Morgan fingerprint density at radius 3 is 3.00 bits per heavy atom. The summed E-state index contributed by atoms with van der Waals surface area (Å²) in [5, 5.41) is 2.75. The molecule has 6 nitrogen and oxygen atoms in total. The molecule has 0 atom stereocenters. The summed E-state index contributed by atoms with van der Waals surface area (Å²) in [4.78, 5) is 19.4. The van der Waals surface area contributed by atoms with Gasteiger partial charge in [-0.2, -0.15) is 11.8 Å². The molecular weight excluding hydrogens is 264 g/mol. The number of amides is 1. The molecule has 2 aromatic heterocycles. The Bertz CT molecular complexity index is 530. The van der Waals surface area contributed by atoms with E-state index in [-0.39, 0.29) is 17.4 Å². The lowest BCUT2D eigenvalue weighted by molar-refractivity contribution is 0.0952. The molecule has 0 aliphatic carbocycles. The third kappa shape index (κ3) is 3.99. The van der Waals surface area contributed by atoms with Gasteiger partial charge < -0.3 is 15.5 Å². The molecule has 19 heavy (non-hydrogen) atoms. The summed E-state index contributed by atoms with van der Waals surface area (Å²) in [6.07, 6.45) is 4.54. The minimum Gasteiger partial charge on any atom is -0.468 e. The Morgan fingerprint density at radius 2 is 2.26 bits per heavy atom. The lowest BCUT2D eigenvalue weighted by Crippen LogP contribution is -2.27. The number of carbonyl (C=O) groups excluding carboxylic acids is 1. The van der Waals surface area contributed by atoms with Gasteiger partial charge in [-0.1, -0.05) is 0 Å². The number of hydrogen-bond donors (Lipinski definition) is 2. The Labute approximate surface area is 114 Å². The highest BCUT2D eigenvalue weighted by atomic mass is 32.2. The van der Waals surface area contributed by atoms with Crippen molar-refractivity contribution in [3.8, 4) is 0 Å². The average molecular weight is 278 g/mol. The van der Waals surface area contributed by atoms with E-state index >= 15 is 0 Å². The van der Waals surface area contributed by atoms with E-state index in [1.54, 1.807) is 18.0 Å². The number of rotatable bonds is 6. The van der Waals surface area contributed by atoms with Gasteiger partial charge in [0, 0.05) is 24.7 Å². The van der Waals surface area contributed by atoms with Crippen LogP contribution in [0.15, 0.2) is 35.2 Å². The van der Waals surface area contributed by atoms with Crippen LogP contribution in [0, 0.1) is 0 Å². The van der Waals surface area contributed by atoms with E-state index in [1.165, 1.54) is 12.4 Å². The zero-order valence-corrected chi connectivity index (χ0v) is 11.0. The fourth-order valence-electron chi connectivity index (χ4n) is 1.41. The van der Waals surface area contributed by atoms with Gasteiger partial charge in [-0.25, -0.2) is 9.97 Å². The topological polar surface area (TPSA) is 94.0 Å². The lowest BCUT2D eigenvalue weighted by atomic mass is 10.4. The van der Waals surface area contributed by atoms with Crippen LogP contribution in [0.25, 0.3) is 0 Å². The number of furan rings is 1. The number of nitrogens with zero attached hydrogens (tertiary/aromatic N) is 2. The predicted octanol–water partition coefficient (Wildman–Crippen LogP) is 1.32. The normalized spacial score (nSPS) is 10.3. The van der Waals surface area contributed by atoms with E-state index in [0.717, 1.165) is 17.3 Å². The van der Waals surface area contributed by atoms with E-state index in [4.69, 9.17) is 10.2 Å². The molecule has 0 aliphatic heterocycles. The second-order valence-electron chi connectivity index (χ2n) is 3.68. The van der Waals surface area contributed by atoms with Crippen LogP contribution in [-0.2, 0) is 5.75 Å². The Morgan fingerprint density at radius 1 is 1.42 bits per heavy atom. The van der Waals surface area contributed by atoms with Gasteiger partial charge in [0.1, 0.15) is 5.76 Å². The Kier molecular flexibility index (Phi) is 4.79. The summed E-state index contributed by atoms with van der Waals surface area (Å²) in [6.45, 7) is 0.542. The quantitative estimate of drug-likeness (QED) is 0.774. The third-order valence-corrected chi connectivity index (χ3v) is 3.28. The number of nitrogens with two attached hydrogens (primary N) is 1. The molecule has 0 fully saturated rings. The van der Waals surface area contributed by atoms with Crippen molar-refractivity contribution in [2.75, 3.05) is 18.0 Å². The van der Waals surface area contributed by atoms with Crippen LogP contribution >= 0.6 is 11.8 Å². The molecule has 0 aliphatic rings. The molecule has 3 N–H and O–H groups in total. The van der Waals surface area contributed by atoms with Crippen molar-refractivity contribution in [2.24, 2.45) is 0 Å². The third-order valence-electron chi connectivity index (χ3n) is 2.30. The zero-order valence-electron chi connectivity index (χ0n) is 10.2. The second kappa shape index (κ2) is 6.79. The molecule has 0 saturated carbocycles. The summed E-state index contributed by atoms with van der Waals surface area (Å²) in [5.74, 6) is 2.34. The molecule has 7 heteroatoms. The summed E-state index contributed by atoms with van der Waals surface area (Å²) < 4.78 is 5.20. The number of carbonyl (C=O) groups is 1. The van der Waals surface area contributed by atoms with Gasteiger partial charge in [-0.05, 0) is 12.1 Å². The van der Waals surface area contributed by atoms with E-state index in [1.807, 2.05) is 12.1 Å². The van der Waals surface area contributed by atoms with Gasteiger partial charge >= 0.3 is 0 Å². The van der Waals surface area contributed by atoms with Crippen molar-refractivity contribution in [1.29, 1.82) is 0 Å². The van der Waals surface area contributed by atoms with E-state index < -0.39 is 0 Å². The Balaban J connectivity index is 1.68. The summed E-state index contributed by atoms with van der Waals surface area (Å²) in [5.41, 5.74) is 5.73. The fourth-order valence-corrected chi connectivity index (χ4v) is 2.17. The highest BCUT2D eigenvalue weighted by molar-refractivity contribution is 7.98. The van der Waals surface area contributed by atoms with Gasteiger partial charge in [0.05, 0.1) is 12.0 Å². The molecule has 0 spiro atoms. The minimum absolute atomic E-state index is 0.142. The first-order chi connectivity index (χ1) is 9.27. The van der Waals surface area contributed by atoms with Crippen molar-refractivity contribution in [2.45, 2.75) is 5.75 Å². The maximum atomic E-state index is 11.7. The summed E-state index contributed by atoms with van der Waals surface area (Å²) in [6, 6.07) is 3.78. The first-order valence-electron chi connectivity index (χ1n) is 5.72. The van der Waals surface area contributed by atoms with Gasteiger partial charge in [0.25, 0.3) is 5.91 Å². The molecule has 2 aromatic rings. The molecule has 0 radical (unpaired) electrons. The number of anilines is 1. The van der Waals surface area contributed by atoms with Crippen molar-refractivity contribution >= 4 is 23.5 Å². The second-order valence-corrected chi connectivity index (χ2v) is 4.78. The molecule has 0 bridgehead atoms. The number of aromatic nitrogens is 2. The molecule has 2 heterocycles. The van der Waals surface area contributed by atoms with Crippen molar-refractivity contribution in [3.05, 3.63) is 42.2 Å². The molecule has 2 rings (SSSR count). The standard InChI is InChI=1S/C12H14N4O2S/c13-11-10(14-3-4-15-11)12(17)16-5-7-19-8-9-2-1-6-18-9/h1-4,6H,5,7-8H2,(H2,13,15)(H,16,17). The van der Waals surface area contributed by atoms with E-state index in [9.17, 15) is 4.79 Å².